The van der Waals surface area contributed by atoms with Gasteiger partial charge in [0.15, 0.2) is 0 Å². The fourth-order valence-corrected chi connectivity index (χ4v) is 3.34. The summed E-state index contributed by atoms with van der Waals surface area (Å²) in [6.45, 7) is 6.74. The number of rotatable bonds is 5. The number of likely N-dealkylation sites (N-methyl/N-ethyl adjacent to an activating group) is 1. The van der Waals surface area contributed by atoms with Crippen LogP contribution in [-0.4, -0.2) is 20.3 Å². The van der Waals surface area contributed by atoms with Crippen molar-refractivity contribution >= 4 is 0 Å². The van der Waals surface area contributed by atoms with Crippen LogP contribution in [0.5, 0.6) is 0 Å². The van der Waals surface area contributed by atoms with Gasteiger partial charge in [-0.2, -0.15) is 0 Å². The maximum Gasteiger partial charge on any atom is 0.0814 e. The summed E-state index contributed by atoms with van der Waals surface area (Å²) in [6.07, 6.45) is 4.20. The van der Waals surface area contributed by atoms with Gasteiger partial charge in [0, 0.05) is 7.11 Å². The van der Waals surface area contributed by atoms with Crippen LogP contribution in [0, 0.1) is 5.41 Å². The highest BCUT2D eigenvalue weighted by atomic mass is 16.5. The van der Waals surface area contributed by atoms with Crippen molar-refractivity contribution in [2.24, 2.45) is 5.41 Å². The van der Waals surface area contributed by atoms with Gasteiger partial charge in [-0.15, -0.1) is 0 Å². The number of nitrogens with one attached hydrogen (secondary N) is 1. The van der Waals surface area contributed by atoms with Crippen molar-refractivity contribution in [3.05, 3.63) is 35.4 Å². The smallest absolute Gasteiger partial charge is 0.0814 e. The first-order valence-electron chi connectivity index (χ1n) is 7.78. The Bertz CT molecular complexity index is 431. The molecule has 2 rings (SSSR count). The van der Waals surface area contributed by atoms with Crippen molar-refractivity contribution in [3.8, 4) is 0 Å². The van der Waals surface area contributed by atoms with E-state index in [-0.39, 0.29) is 17.6 Å². The maximum absolute atomic E-state index is 5.85. The Morgan fingerprint density at radius 3 is 2.30 bits per heavy atom. The molecular weight excluding hydrogens is 246 g/mol. The van der Waals surface area contributed by atoms with Gasteiger partial charge in [-0.3, -0.25) is 0 Å². The molecule has 0 saturated heterocycles. The minimum atomic E-state index is 0.106. The molecule has 112 valence electrons. The Morgan fingerprint density at radius 2 is 1.85 bits per heavy atom. The number of ether oxygens (including phenoxy) is 1. The lowest BCUT2D eigenvalue weighted by Crippen LogP contribution is -2.41. The Balaban J connectivity index is 2.36. The van der Waals surface area contributed by atoms with Gasteiger partial charge in [-0.25, -0.2) is 0 Å². The largest absolute Gasteiger partial charge is 0.379 e. The van der Waals surface area contributed by atoms with Crippen LogP contribution in [0.25, 0.3) is 0 Å². The van der Waals surface area contributed by atoms with Crippen molar-refractivity contribution in [2.75, 3.05) is 14.2 Å². The van der Waals surface area contributed by atoms with Crippen LogP contribution in [0.4, 0.5) is 0 Å². The molecule has 0 heterocycles. The lowest BCUT2D eigenvalue weighted by Gasteiger charge is -2.38. The molecule has 2 atom stereocenters. The van der Waals surface area contributed by atoms with Crippen LogP contribution in [0.15, 0.2) is 24.3 Å². The molecule has 1 aromatic rings. The number of benzene rings is 1. The molecule has 0 radical (unpaired) electrons. The van der Waals surface area contributed by atoms with Crippen molar-refractivity contribution in [3.63, 3.8) is 0 Å². The first-order chi connectivity index (χ1) is 9.49. The van der Waals surface area contributed by atoms with E-state index in [2.05, 4.69) is 50.4 Å². The fourth-order valence-electron chi connectivity index (χ4n) is 3.34. The first-order valence-corrected chi connectivity index (χ1v) is 7.78. The first kappa shape index (κ1) is 15.5. The summed E-state index contributed by atoms with van der Waals surface area (Å²) in [5, 5.41) is 3.49. The van der Waals surface area contributed by atoms with E-state index in [1.165, 1.54) is 30.4 Å². The van der Waals surface area contributed by atoms with Crippen LogP contribution in [0.1, 0.15) is 63.1 Å². The zero-order valence-electron chi connectivity index (χ0n) is 13.6. The highest BCUT2D eigenvalue weighted by Crippen LogP contribution is 2.41. The molecule has 20 heavy (non-hydrogen) atoms. The molecule has 2 unspecified atom stereocenters. The third kappa shape index (κ3) is 3.07. The number of hydrogen-bond donors (Lipinski definition) is 1. The summed E-state index contributed by atoms with van der Waals surface area (Å²) in [6, 6.07) is 9.14. The number of methoxy groups -OCH3 is 1. The third-order valence-corrected chi connectivity index (χ3v) is 4.60. The van der Waals surface area contributed by atoms with Crippen molar-refractivity contribution in [2.45, 2.75) is 58.1 Å². The molecule has 1 saturated carbocycles. The van der Waals surface area contributed by atoms with Crippen LogP contribution >= 0.6 is 0 Å². The standard InChI is InChI=1S/C18H29NO/c1-18(2,3)17(20-5)16(19-4)15-12-7-6-11-14(15)13-9-8-10-13/h6-7,11-13,16-17,19H,8-10H2,1-5H3. The molecule has 0 bridgehead atoms. The molecule has 1 aromatic carbocycles. The molecule has 0 spiro atoms. The Hall–Kier alpha value is -0.860. The lowest BCUT2D eigenvalue weighted by atomic mass is 9.74. The molecule has 2 heteroatoms. The van der Waals surface area contributed by atoms with Gasteiger partial charge in [-0.05, 0) is 42.3 Å². The third-order valence-electron chi connectivity index (χ3n) is 4.60. The van der Waals surface area contributed by atoms with Crippen LogP contribution in [0.2, 0.25) is 0 Å². The van der Waals surface area contributed by atoms with E-state index in [4.69, 9.17) is 4.74 Å². The van der Waals surface area contributed by atoms with Gasteiger partial charge in [-0.1, -0.05) is 51.5 Å². The summed E-state index contributed by atoms with van der Waals surface area (Å²) in [5.41, 5.74) is 3.04. The molecule has 2 nitrogen and oxygen atoms in total. The van der Waals surface area contributed by atoms with Crippen molar-refractivity contribution < 1.29 is 4.74 Å². The van der Waals surface area contributed by atoms with Gasteiger partial charge in [0.2, 0.25) is 0 Å². The lowest BCUT2D eigenvalue weighted by molar-refractivity contribution is -0.0105. The van der Waals surface area contributed by atoms with Gasteiger partial charge < -0.3 is 10.1 Å². The van der Waals surface area contributed by atoms with Crippen molar-refractivity contribution in [1.29, 1.82) is 0 Å². The molecule has 0 aliphatic heterocycles. The van der Waals surface area contributed by atoms with E-state index < -0.39 is 0 Å². The number of hydrogen-bond acceptors (Lipinski definition) is 2. The summed E-state index contributed by atoms with van der Waals surface area (Å²) >= 11 is 0. The minimum absolute atomic E-state index is 0.106. The van der Waals surface area contributed by atoms with Gasteiger partial charge in [0.1, 0.15) is 0 Å². The summed E-state index contributed by atoms with van der Waals surface area (Å²) in [7, 11) is 3.87. The Kier molecular flexibility index (Phi) is 4.87. The van der Waals surface area contributed by atoms with Crippen LogP contribution in [-0.2, 0) is 4.74 Å². The molecule has 0 amide bonds. The summed E-state index contributed by atoms with van der Waals surface area (Å²) in [5.74, 6) is 0.750. The molecule has 0 aromatic heterocycles. The van der Waals surface area contributed by atoms with E-state index in [0.29, 0.717) is 0 Å². The van der Waals surface area contributed by atoms with Gasteiger partial charge in [0.25, 0.3) is 0 Å². The predicted molar refractivity (Wildman–Crippen MR) is 85.1 cm³/mol. The van der Waals surface area contributed by atoms with E-state index >= 15 is 0 Å². The van der Waals surface area contributed by atoms with Crippen molar-refractivity contribution in [1.82, 2.24) is 5.32 Å². The second kappa shape index (κ2) is 6.28. The van der Waals surface area contributed by atoms with E-state index in [0.717, 1.165) is 5.92 Å². The predicted octanol–water partition coefficient (Wildman–Crippen LogP) is 4.28. The average Bonchev–Trinajstić information content (AvgIpc) is 2.33. The molecule has 1 fully saturated rings. The Labute approximate surface area is 123 Å². The quantitative estimate of drug-likeness (QED) is 0.866. The second-order valence-electron chi connectivity index (χ2n) is 7.05. The SMILES string of the molecule is CNC(c1ccccc1C1CCC1)C(OC)C(C)(C)C. The Morgan fingerprint density at radius 1 is 1.20 bits per heavy atom. The summed E-state index contributed by atoms with van der Waals surface area (Å²) < 4.78 is 5.85. The molecule has 1 aliphatic rings. The van der Waals surface area contributed by atoms with E-state index in [1.807, 2.05) is 14.2 Å². The van der Waals surface area contributed by atoms with E-state index in [1.54, 1.807) is 0 Å². The molecule has 1 aliphatic carbocycles. The maximum atomic E-state index is 5.85. The zero-order valence-corrected chi connectivity index (χ0v) is 13.6. The normalized spacial score (nSPS) is 19.4. The molecular formula is C18H29NO. The minimum Gasteiger partial charge on any atom is -0.379 e. The zero-order chi connectivity index (χ0) is 14.8. The van der Waals surface area contributed by atoms with Gasteiger partial charge >= 0.3 is 0 Å². The highest BCUT2D eigenvalue weighted by Gasteiger charge is 2.35. The summed E-state index contributed by atoms with van der Waals surface area (Å²) in [4.78, 5) is 0. The highest BCUT2D eigenvalue weighted by molar-refractivity contribution is 5.35. The fraction of sp³-hybridized carbons (Fsp3) is 0.667. The topological polar surface area (TPSA) is 21.3 Å². The van der Waals surface area contributed by atoms with Crippen LogP contribution in [0.3, 0.4) is 0 Å². The van der Waals surface area contributed by atoms with Gasteiger partial charge in [0.05, 0.1) is 12.1 Å². The monoisotopic (exact) mass is 275 g/mol. The van der Waals surface area contributed by atoms with E-state index in [9.17, 15) is 0 Å². The average molecular weight is 275 g/mol. The second-order valence-corrected chi connectivity index (χ2v) is 7.05. The molecule has 1 N–H and O–H groups in total. The van der Waals surface area contributed by atoms with Crippen LogP contribution < -0.4 is 5.32 Å².